The van der Waals surface area contributed by atoms with Crippen molar-refractivity contribution in [3.63, 3.8) is 0 Å². The fraction of sp³-hybridized carbons (Fsp3) is 0.200. The van der Waals surface area contributed by atoms with Gasteiger partial charge in [0.05, 0.1) is 11.2 Å². The fourth-order valence-corrected chi connectivity index (χ4v) is 7.46. The third kappa shape index (κ3) is 3.27. The molecule has 2 aliphatic rings. The van der Waals surface area contributed by atoms with Gasteiger partial charge in [0.2, 0.25) is 0 Å². The van der Waals surface area contributed by atoms with Gasteiger partial charge in [0.15, 0.2) is 0 Å². The molecule has 1 aromatic heterocycles. The van der Waals surface area contributed by atoms with Gasteiger partial charge in [0, 0.05) is 21.4 Å². The first-order chi connectivity index (χ1) is 17.3. The predicted octanol–water partition coefficient (Wildman–Crippen LogP) is 5.75. The summed E-state index contributed by atoms with van der Waals surface area (Å²) in [4.78, 5) is 0. The minimum atomic E-state index is -0.761. The molecule has 5 aromatic rings. The third-order valence-corrected chi connectivity index (χ3v) is 10.2. The van der Waals surface area contributed by atoms with Gasteiger partial charge >= 0.3 is 7.12 Å². The predicted molar refractivity (Wildman–Crippen MR) is 148 cm³/mol. The van der Waals surface area contributed by atoms with Crippen LogP contribution in [-0.2, 0) is 9.31 Å². The van der Waals surface area contributed by atoms with Crippen molar-refractivity contribution in [2.45, 2.75) is 38.9 Å². The van der Waals surface area contributed by atoms with Crippen LogP contribution in [0.2, 0.25) is 0 Å². The summed E-state index contributed by atoms with van der Waals surface area (Å²) in [6.07, 6.45) is 0. The fourth-order valence-electron chi connectivity index (χ4n) is 5.02. The Morgan fingerprint density at radius 1 is 0.639 bits per heavy atom. The monoisotopic (exact) mass is 492 g/mol. The molecule has 0 bridgehead atoms. The smallest absolute Gasteiger partial charge is 0.456 e. The van der Waals surface area contributed by atoms with Crippen molar-refractivity contribution in [1.29, 1.82) is 0 Å². The van der Waals surface area contributed by atoms with Crippen LogP contribution in [-0.4, -0.2) is 18.3 Å². The van der Waals surface area contributed by atoms with Crippen molar-refractivity contribution >= 4 is 58.4 Å². The Hall–Kier alpha value is -3.11. The molecule has 1 saturated heterocycles. The highest BCUT2D eigenvalue weighted by Crippen LogP contribution is 2.46. The molecule has 0 N–H and O–H groups in total. The number of rotatable bonds is 2. The van der Waals surface area contributed by atoms with Crippen LogP contribution >= 0.6 is 7.92 Å². The van der Waals surface area contributed by atoms with Gasteiger partial charge in [0.25, 0.3) is 0 Å². The second-order valence-electron chi connectivity index (χ2n) is 10.5. The van der Waals surface area contributed by atoms with Crippen LogP contribution < -0.4 is 26.1 Å². The molecule has 6 heteroatoms. The SMILES string of the molecule is CC1(C)OB(c2ccc3c(c2)oc2cc4c(cc23)Oc2ccccc2P4c2ccccc2)OC1(C)C. The summed E-state index contributed by atoms with van der Waals surface area (Å²) in [5.41, 5.74) is 1.86. The molecule has 3 heterocycles. The van der Waals surface area contributed by atoms with E-state index in [4.69, 9.17) is 18.5 Å². The van der Waals surface area contributed by atoms with Crippen LogP contribution in [0.1, 0.15) is 27.7 Å². The lowest BCUT2D eigenvalue weighted by molar-refractivity contribution is 0.00578. The van der Waals surface area contributed by atoms with E-state index < -0.39 is 15.0 Å². The molecule has 0 saturated carbocycles. The molecule has 0 amide bonds. The molecule has 0 radical (unpaired) electrons. The Labute approximate surface area is 212 Å². The molecular formula is C30H26BO4P. The Bertz CT molecular complexity index is 1620. The van der Waals surface area contributed by atoms with Crippen molar-refractivity contribution in [1.82, 2.24) is 0 Å². The number of hydrogen-bond acceptors (Lipinski definition) is 4. The highest BCUT2D eigenvalue weighted by molar-refractivity contribution is 7.80. The molecule has 0 aliphatic carbocycles. The Morgan fingerprint density at radius 3 is 2.11 bits per heavy atom. The van der Waals surface area contributed by atoms with E-state index >= 15 is 0 Å². The molecule has 2 aliphatic heterocycles. The summed E-state index contributed by atoms with van der Waals surface area (Å²) in [6.45, 7) is 8.28. The molecule has 7 rings (SSSR count). The van der Waals surface area contributed by atoms with E-state index in [0.717, 1.165) is 38.9 Å². The number of fused-ring (bicyclic) bond motifs is 5. The molecule has 0 spiro atoms. The zero-order valence-corrected chi connectivity index (χ0v) is 21.6. The number of furan rings is 1. The van der Waals surface area contributed by atoms with Gasteiger partial charge in [-0.2, -0.15) is 0 Å². The first-order valence-corrected chi connectivity index (χ1v) is 13.6. The Kier molecular flexibility index (Phi) is 4.73. The van der Waals surface area contributed by atoms with Gasteiger partial charge < -0.3 is 18.5 Å². The first kappa shape index (κ1) is 22.1. The summed E-state index contributed by atoms with van der Waals surface area (Å²) < 4.78 is 25.4. The van der Waals surface area contributed by atoms with E-state index in [1.54, 1.807) is 0 Å². The first-order valence-electron chi connectivity index (χ1n) is 12.3. The third-order valence-electron chi connectivity index (χ3n) is 7.68. The maximum atomic E-state index is 6.44. The van der Waals surface area contributed by atoms with Gasteiger partial charge in [-0.1, -0.05) is 60.7 Å². The van der Waals surface area contributed by atoms with Gasteiger partial charge in [-0.25, -0.2) is 0 Å². The molecule has 1 unspecified atom stereocenters. The zero-order chi connectivity index (χ0) is 24.7. The van der Waals surface area contributed by atoms with E-state index in [2.05, 4.69) is 100 Å². The van der Waals surface area contributed by atoms with Crippen LogP contribution in [0.3, 0.4) is 0 Å². The highest BCUT2D eigenvalue weighted by Gasteiger charge is 2.51. The van der Waals surface area contributed by atoms with Gasteiger partial charge in [-0.05, 0) is 70.6 Å². The van der Waals surface area contributed by atoms with Gasteiger partial charge in [-0.3, -0.25) is 0 Å². The number of hydrogen-bond donors (Lipinski definition) is 0. The second kappa shape index (κ2) is 7.70. The van der Waals surface area contributed by atoms with Crippen molar-refractivity contribution in [2.75, 3.05) is 0 Å². The molecule has 1 fully saturated rings. The molecule has 1 atom stereocenters. The summed E-state index contributed by atoms with van der Waals surface area (Å²) in [6, 6.07) is 29.6. The standard InChI is InChI=1S/C30H26BO4P/c1-29(2)30(3,4)35-31(34-29)19-14-15-21-22-17-26-28(18-25(22)33-24(21)16-19)36(20-10-6-5-7-11-20)27-13-9-8-12-23(27)32-26/h5-18H,1-4H3. The van der Waals surface area contributed by atoms with Crippen molar-refractivity contribution in [2.24, 2.45) is 0 Å². The van der Waals surface area contributed by atoms with E-state index in [1.165, 1.54) is 15.9 Å². The van der Waals surface area contributed by atoms with Gasteiger partial charge in [-0.15, -0.1) is 0 Å². The zero-order valence-electron chi connectivity index (χ0n) is 20.7. The molecule has 4 nitrogen and oxygen atoms in total. The van der Waals surface area contributed by atoms with Crippen molar-refractivity contribution < 1.29 is 18.5 Å². The largest absolute Gasteiger partial charge is 0.494 e. The normalized spacial score (nSPS) is 19.8. The summed E-state index contributed by atoms with van der Waals surface area (Å²) in [5.74, 6) is 1.82. The summed E-state index contributed by atoms with van der Waals surface area (Å²) in [7, 11) is -1.19. The van der Waals surface area contributed by atoms with E-state index in [9.17, 15) is 0 Å². The number of ether oxygens (including phenoxy) is 1. The van der Waals surface area contributed by atoms with Crippen LogP contribution in [0.5, 0.6) is 11.5 Å². The lowest BCUT2D eigenvalue weighted by atomic mass is 9.79. The highest BCUT2D eigenvalue weighted by atomic mass is 31.1. The molecule has 36 heavy (non-hydrogen) atoms. The molecule has 4 aromatic carbocycles. The van der Waals surface area contributed by atoms with E-state index in [-0.39, 0.29) is 11.2 Å². The number of benzene rings is 4. The molecular weight excluding hydrogens is 466 g/mol. The van der Waals surface area contributed by atoms with Crippen LogP contribution in [0.15, 0.2) is 89.3 Å². The lowest BCUT2D eigenvalue weighted by Gasteiger charge is -2.32. The lowest BCUT2D eigenvalue weighted by Crippen LogP contribution is -2.41. The topological polar surface area (TPSA) is 40.8 Å². The summed E-state index contributed by atoms with van der Waals surface area (Å²) in [5, 5.41) is 5.80. The second-order valence-corrected chi connectivity index (χ2v) is 12.7. The van der Waals surface area contributed by atoms with E-state index in [0.29, 0.717) is 0 Å². The number of para-hydroxylation sites is 1. The van der Waals surface area contributed by atoms with Crippen molar-refractivity contribution in [3.05, 3.63) is 84.9 Å². The Morgan fingerprint density at radius 2 is 1.33 bits per heavy atom. The van der Waals surface area contributed by atoms with Crippen LogP contribution in [0.4, 0.5) is 0 Å². The maximum Gasteiger partial charge on any atom is 0.494 e. The van der Waals surface area contributed by atoms with Crippen molar-refractivity contribution in [3.8, 4) is 11.5 Å². The quantitative estimate of drug-likeness (QED) is 0.228. The Balaban J connectivity index is 1.37. The maximum absolute atomic E-state index is 6.44. The average Bonchev–Trinajstić information content (AvgIpc) is 3.33. The van der Waals surface area contributed by atoms with Gasteiger partial charge in [0.1, 0.15) is 22.7 Å². The van der Waals surface area contributed by atoms with Crippen LogP contribution in [0, 0.1) is 0 Å². The molecule has 178 valence electrons. The summed E-state index contributed by atoms with van der Waals surface area (Å²) >= 11 is 0. The minimum absolute atomic E-state index is 0.388. The van der Waals surface area contributed by atoms with Crippen LogP contribution in [0.25, 0.3) is 21.9 Å². The average molecular weight is 492 g/mol. The van der Waals surface area contributed by atoms with E-state index in [1.807, 2.05) is 12.1 Å². The minimum Gasteiger partial charge on any atom is -0.456 e.